The van der Waals surface area contributed by atoms with E-state index in [9.17, 15) is 14.7 Å². The van der Waals surface area contributed by atoms with E-state index in [0.717, 1.165) is 17.9 Å². The Balaban J connectivity index is 1.87. The van der Waals surface area contributed by atoms with Crippen molar-refractivity contribution in [1.29, 1.82) is 0 Å². The highest BCUT2D eigenvalue weighted by Crippen LogP contribution is 2.46. The summed E-state index contributed by atoms with van der Waals surface area (Å²) in [7, 11) is 8.41. The minimum atomic E-state index is -0.834. The van der Waals surface area contributed by atoms with E-state index in [-0.39, 0.29) is 17.4 Å². The lowest BCUT2D eigenvalue weighted by molar-refractivity contribution is -0.139. The van der Waals surface area contributed by atoms with E-state index in [2.05, 4.69) is 0 Å². The van der Waals surface area contributed by atoms with Crippen LogP contribution < -0.4 is 18.9 Å². The maximum atomic E-state index is 13.4. The second-order valence-electron chi connectivity index (χ2n) is 9.56. The molecule has 2 aliphatic heterocycles. The summed E-state index contributed by atoms with van der Waals surface area (Å²) in [6, 6.07) is 7.90. The number of carbonyl (C=O) groups excluding carboxylic acids is 2. The average Bonchev–Trinajstić information content (AvgIpc) is 3.37. The van der Waals surface area contributed by atoms with E-state index in [1.54, 1.807) is 24.3 Å². The highest BCUT2D eigenvalue weighted by Gasteiger charge is 2.46. The van der Waals surface area contributed by atoms with Crippen molar-refractivity contribution in [3.63, 3.8) is 0 Å². The van der Waals surface area contributed by atoms with Gasteiger partial charge in [0.2, 0.25) is 5.75 Å². The van der Waals surface area contributed by atoms with Crippen molar-refractivity contribution in [1.82, 2.24) is 9.80 Å². The minimum absolute atomic E-state index is 0.0241. The van der Waals surface area contributed by atoms with Crippen molar-refractivity contribution in [2.45, 2.75) is 31.9 Å². The fourth-order valence-electron chi connectivity index (χ4n) is 5.00. The first-order valence-electron chi connectivity index (χ1n) is 12.2. The summed E-state index contributed by atoms with van der Waals surface area (Å²) in [5.41, 5.74) is 2.00. The second-order valence-corrected chi connectivity index (χ2v) is 9.56. The van der Waals surface area contributed by atoms with Gasteiger partial charge in [-0.05, 0) is 75.4 Å². The first kappa shape index (κ1) is 26.3. The molecule has 198 valence electrons. The Bertz CT molecular complexity index is 1210. The molecule has 0 radical (unpaired) electrons. The van der Waals surface area contributed by atoms with Gasteiger partial charge in [0.15, 0.2) is 11.5 Å². The fourth-order valence-corrected chi connectivity index (χ4v) is 5.00. The Morgan fingerprint density at radius 3 is 2.35 bits per heavy atom. The van der Waals surface area contributed by atoms with E-state index in [4.69, 9.17) is 18.9 Å². The van der Waals surface area contributed by atoms with Gasteiger partial charge in [-0.3, -0.25) is 9.59 Å². The predicted molar refractivity (Wildman–Crippen MR) is 139 cm³/mol. The van der Waals surface area contributed by atoms with Crippen LogP contribution in [-0.4, -0.2) is 81.2 Å². The quantitative estimate of drug-likeness (QED) is 0.311. The van der Waals surface area contributed by atoms with E-state index in [1.165, 1.54) is 26.2 Å². The average molecular weight is 511 g/mol. The Kier molecular flexibility index (Phi) is 7.63. The van der Waals surface area contributed by atoms with Crippen LogP contribution in [0.4, 0.5) is 0 Å². The van der Waals surface area contributed by atoms with Crippen LogP contribution in [0.2, 0.25) is 0 Å². The normalized spacial score (nSPS) is 20.2. The number of ketones is 1. The van der Waals surface area contributed by atoms with Crippen LogP contribution in [0.5, 0.6) is 23.0 Å². The summed E-state index contributed by atoms with van der Waals surface area (Å²) in [5.74, 6) is 0.317. The molecule has 2 heterocycles. The number of carbonyl (C=O) groups is 2. The zero-order chi connectivity index (χ0) is 26.9. The van der Waals surface area contributed by atoms with Gasteiger partial charge in [0.05, 0.1) is 32.9 Å². The molecule has 2 aliphatic rings. The van der Waals surface area contributed by atoms with Gasteiger partial charge in [-0.15, -0.1) is 0 Å². The third-order valence-corrected chi connectivity index (χ3v) is 6.72. The molecule has 0 saturated carbocycles. The molecule has 9 nitrogen and oxygen atoms in total. The number of benzene rings is 2. The number of fused-ring (bicyclic) bond motifs is 1. The number of rotatable bonds is 9. The number of hydrogen-bond donors (Lipinski definition) is 1. The molecule has 37 heavy (non-hydrogen) atoms. The minimum Gasteiger partial charge on any atom is -0.507 e. The third kappa shape index (κ3) is 4.96. The lowest BCUT2D eigenvalue weighted by Crippen LogP contribution is -2.32. The number of amides is 1. The summed E-state index contributed by atoms with van der Waals surface area (Å²) in [6.07, 6.45) is 1.38. The van der Waals surface area contributed by atoms with E-state index in [1.807, 2.05) is 32.0 Å². The summed E-state index contributed by atoms with van der Waals surface area (Å²) < 4.78 is 22.3. The Morgan fingerprint density at radius 1 is 1.08 bits per heavy atom. The third-order valence-electron chi connectivity index (χ3n) is 6.72. The molecule has 1 saturated heterocycles. The number of likely N-dealkylation sites (tertiary alicyclic amines) is 1. The largest absolute Gasteiger partial charge is 0.507 e. The zero-order valence-electron chi connectivity index (χ0n) is 22.2. The Labute approximate surface area is 217 Å². The highest BCUT2D eigenvalue weighted by atomic mass is 16.5. The molecule has 0 spiro atoms. The van der Waals surface area contributed by atoms with E-state index in [0.29, 0.717) is 47.8 Å². The molecule has 0 bridgehead atoms. The number of methoxy groups -OCH3 is 3. The maximum absolute atomic E-state index is 13.4. The van der Waals surface area contributed by atoms with Crippen LogP contribution >= 0.6 is 0 Å². The standard InChI is InChI=1S/C28H34N2O7/c1-16-12-18-13-17(8-9-20(18)37-16)25(31)23-24(30(28(33)26(23)32)11-7-10-29(2)3)19-14-21(34-4)27(36-6)22(15-19)35-5/h8-9,13-16,24,31H,7,10-12H2,1-6H3. The Morgan fingerprint density at radius 2 is 1.76 bits per heavy atom. The van der Waals surface area contributed by atoms with Crippen LogP contribution in [-0.2, 0) is 16.0 Å². The van der Waals surface area contributed by atoms with Crippen molar-refractivity contribution < 1.29 is 33.6 Å². The molecule has 2 aromatic carbocycles. The van der Waals surface area contributed by atoms with Gasteiger partial charge in [0.25, 0.3) is 11.7 Å². The number of aliphatic hydroxyl groups excluding tert-OH is 1. The van der Waals surface area contributed by atoms with Gasteiger partial charge in [-0.1, -0.05) is 0 Å². The lowest BCUT2D eigenvalue weighted by atomic mass is 9.94. The molecule has 2 unspecified atom stereocenters. The van der Waals surface area contributed by atoms with Crippen molar-refractivity contribution >= 4 is 17.4 Å². The van der Waals surface area contributed by atoms with Gasteiger partial charge in [0.1, 0.15) is 17.6 Å². The number of ether oxygens (including phenoxy) is 4. The molecule has 1 N–H and O–H groups in total. The molecular formula is C28H34N2O7. The van der Waals surface area contributed by atoms with Crippen LogP contribution in [0.25, 0.3) is 5.76 Å². The second kappa shape index (κ2) is 10.7. The van der Waals surface area contributed by atoms with E-state index < -0.39 is 17.7 Å². The maximum Gasteiger partial charge on any atom is 0.295 e. The predicted octanol–water partition coefficient (Wildman–Crippen LogP) is 3.41. The summed E-state index contributed by atoms with van der Waals surface area (Å²) in [6.45, 7) is 3.04. The molecule has 0 aromatic heterocycles. The van der Waals surface area contributed by atoms with Crippen molar-refractivity contribution in [2.75, 3.05) is 48.5 Å². The molecule has 0 aliphatic carbocycles. The van der Waals surface area contributed by atoms with Gasteiger partial charge in [-0.25, -0.2) is 0 Å². The van der Waals surface area contributed by atoms with Crippen molar-refractivity contribution in [2.24, 2.45) is 0 Å². The van der Waals surface area contributed by atoms with Crippen LogP contribution in [0, 0.1) is 0 Å². The molecule has 2 aromatic rings. The lowest BCUT2D eigenvalue weighted by Gasteiger charge is -2.27. The van der Waals surface area contributed by atoms with Crippen LogP contribution in [0.1, 0.15) is 36.1 Å². The Hall–Kier alpha value is -3.72. The van der Waals surface area contributed by atoms with Crippen molar-refractivity contribution in [3.8, 4) is 23.0 Å². The topological polar surface area (TPSA) is 97.8 Å². The highest BCUT2D eigenvalue weighted by molar-refractivity contribution is 6.46. The smallest absolute Gasteiger partial charge is 0.295 e. The van der Waals surface area contributed by atoms with Crippen LogP contribution in [0.15, 0.2) is 35.9 Å². The monoisotopic (exact) mass is 510 g/mol. The number of nitrogens with zero attached hydrogens (tertiary/aromatic N) is 2. The SMILES string of the molecule is COc1cc(C2C(=C(O)c3ccc4c(c3)CC(C)O4)C(=O)C(=O)N2CCCN(C)C)cc(OC)c1OC. The number of aliphatic hydroxyl groups is 1. The van der Waals surface area contributed by atoms with Crippen LogP contribution in [0.3, 0.4) is 0 Å². The number of hydrogen-bond acceptors (Lipinski definition) is 8. The molecule has 4 rings (SSSR count). The first-order chi connectivity index (χ1) is 17.7. The summed E-state index contributed by atoms with van der Waals surface area (Å²) >= 11 is 0. The van der Waals surface area contributed by atoms with Gasteiger partial charge >= 0.3 is 0 Å². The van der Waals surface area contributed by atoms with E-state index >= 15 is 0 Å². The molecular weight excluding hydrogens is 476 g/mol. The number of Topliss-reactive ketones (excluding diaryl/α,β-unsaturated/α-hetero) is 1. The molecule has 1 amide bonds. The molecule has 1 fully saturated rings. The summed E-state index contributed by atoms with van der Waals surface area (Å²) in [4.78, 5) is 30.2. The van der Waals surface area contributed by atoms with Gasteiger partial charge in [-0.2, -0.15) is 0 Å². The summed E-state index contributed by atoms with van der Waals surface area (Å²) in [5, 5.41) is 11.5. The van der Waals surface area contributed by atoms with Gasteiger partial charge < -0.3 is 33.9 Å². The fraction of sp³-hybridized carbons (Fsp3) is 0.429. The van der Waals surface area contributed by atoms with Gasteiger partial charge in [0, 0.05) is 18.5 Å². The molecule has 2 atom stereocenters. The zero-order valence-corrected chi connectivity index (χ0v) is 22.2. The molecule has 9 heteroatoms. The first-order valence-corrected chi connectivity index (χ1v) is 12.2. The van der Waals surface area contributed by atoms with Crippen molar-refractivity contribution in [3.05, 3.63) is 52.6 Å².